The van der Waals surface area contributed by atoms with Crippen LogP contribution in [0.3, 0.4) is 0 Å². The van der Waals surface area contributed by atoms with Crippen molar-refractivity contribution in [2.24, 2.45) is 0 Å². The number of hydrogen-bond donors (Lipinski definition) is 2. The molecule has 0 aromatic heterocycles. The lowest BCUT2D eigenvalue weighted by atomic mass is 10.1. The highest BCUT2D eigenvalue weighted by Crippen LogP contribution is 2.38. The second-order valence-electron chi connectivity index (χ2n) is 6.38. The Morgan fingerprint density at radius 1 is 1.17 bits per heavy atom. The second-order valence-corrected chi connectivity index (χ2v) is 6.38. The number of rotatable bonds is 4. The Morgan fingerprint density at radius 2 is 1.88 bits per heavy atom. The summed E-state index contributed by atoms with van der Waals surface area (Å²) in [5, 5.41) is 5.21. The molecule has 2 fully saturated rings. The lowest BCUT2D eigenvalue weighted by molar-refractivity contribution is -0.161. The van der Waals surface area contributed by atoms with Gasteiger partial charge in [-0.2, -0.15) is 0 Å². The monoisotopic (exact) mass is 332 g/mol. The maximum absolute atomic E-state index is 11.9. The number of amides is 2. The van der Waals surface area contributed by atoms with E-state index in [9.17, 15) is 9.59 Å². The highest BCUT2D eigenvalue weighted by atomic mass is 16.7. The van der Waals surface area contributed by atoms with E-state index in [1.165, 1.54) is 5.56 Å². The van der Waals surface area contributed by atoms with Crippen LogP contribution in [0.5, 0.6) is 0 Å². The van der Waals surface area contributed by atoms with E-state index < -0.39 is 17.6 Å². The van der Waals surface area contributed by atoms with Crippen LogP contribution in [-0.4, -0.2) is 36.9 Å². The maximum atomic E-state index is 11.9. The Kier molecular flexibility index (Phi) is 5.16. The summed E-state index contributed by atoms with van der Waals surface area (Å²) in [7, 11) is 0. The van der Waals surface area contributed by atoms with Gasteiger partial charge in [-0.3, -0.25) is 9.59 Å². The van der Waals surface area contributed by atoms with Crippen molar-refractivity contribution in [1.82, 2.24) is 5.32 Å². The lowest BCUT2D eigenvalue weighted by Crippen LogP contribution is -2.40. The first-order valence-corrected chi connectivity index (χ1v) is 8.60. The first kappa shape index (κ1) is 16.9. The normalized spacial score (nSPS) is 21.8. The Balaban J connectivity index is 1.43. The van der Waals surface area contributed by atoms with Crippen LogP contribution in [-0.2, 0) is 25.5 Å². The van der Waals surface area contributed by atoms with Crippen LogP contribution in [0.4, 0.5) is 5.69 Å². The molecular formula is C18H24N2O4. The summed E-state index contributed by atoms with van der Waals surface area (Å²) in [6.45, 7) is 2.80. The van der Waals surface area contributed by atoms with Gasteiger partial charge in [-0.05, 0) is 37.0 Å². The fourth-order valence-electron chi connectivity index (χ4n) is 3.19. The van der Waals surface area contributed by atoms with Gasteiger partial charge in [0.15, 0.2) is 5.79 Å². The van der Waals surface area contributed by atoms with Crippen molar-refractivity contribution >= 4 is 17.5 Å². The van der Waals surface area contributed by atoms with Crippen molar-refractivity contribution in [3.05, 3.63) is 29.8 Å². The summed E-state index contributed by atoms with van der Waals surface area (Å²) in [5.41, 5.74) is 1.79. The maximum Gasteiger partial charge on any atom is 0.313 e. The molecule has 0 bridgehead atoms. The van der Waals surface area contributed by atoms with Crippen molar-refractivity contribution in [3.8, 4) is 0 Å². The van der Waals surface area contributed by atoms with Gasteiger partial charge in [0.05, 0.1) is 6.61 Å². The Morgan fingerprint density at radius 3 is 2.54 bits per heavy atom. The van der Waals surface area contributed by atoms with Crippen molar-refractivity contribution in [2.75, 3.05) is 18.5 Å². The topological polar surface area (TPSA) is 76.7 Å². The smallest absolute Gasteiger partial charge is 0.313 e. The largest absolute Gasteiger partial charge is 0.347 e. The van der Waals surface area contributed by atoms with E-state index in [0.717, 1.165) is 32.1 Å². The number of ether oxygens (including phenoxy) is 2. The number of hydrogen-bond acceptors (Lipinski definition) is 4. The van der Waals surface area contributed by atoms with E-state index >= 15 is 0 Å². The van der Waals surface area contributed by atoms with E-state index in [1.807, 2.05) is 12.1 Å². The molecule has 1 saturated heterocycles. The van der Waals surface area contributed by atoms with Gasteiger partial charge >= 0.3 is 11.8 Å². The third-order valence-electron chi connectivity index (χ3n) is 4.60. The molecule has 1 spiro atoms. The molecule has 1 aliphatic carbocycles. The second kappa shape index (κ2) is 7.32. The van der Waals surface area contributed by atoms with Gasteiger partial charge in [-0.1, -0.05) is 19.1 Å². The molecule has 2 amide bonds. The van der Waals surface area contributed by atoms with Crippen molar-refractivity contribution < 1.29 is 19.1 Å². The van der Waals surface area contributed by atoms with Crippen molar-refractivity contribution in [2.45, 2.75) is 50.9 Å². The average Bonchev–Trinajstić information content (AvgIpc) is 3.23. The van der Waals surface area contributed by atoms with E-state index in [0.29, 0.717) is 12.3 Å². The van der Waals surface area contributed by atoms with E-state index in [4.69, 9.17) is 9.47 Å². The number of carbonyl (C=O) groups excluding carboxylic acids is 2. The molecule has 1 atom stereocenters. The standard InChI is InChI=1S/C18H24N2O4/c1-2-13-5-7-14(8-6-13)20-17(22)16(21)19-11-15-12-23-18(24-15)9-3-4-10-18/h5-8,15H,2-4,9-12H2,1H3,(H,19,21)(H,20,22)/t15-/m1/s1. The summed E-state index contributed by atoms with van der Waals surface area (Å²) in [6, 6.07) is 7.44. The van der Waals surface area contributed by atoms with Gasteiger partial charge in [0, 0.05) is 25.1 Å². The molecule has 2 aliphatic rings. The van der Waals surface area contributed by atoms with Gasteiger partial charge in [-0.25, -0.2) is 0 Å². The molecule has 6 heteroatoms. The van der Waals surface area contributed by atoms with Crippen LogP contribution < -0.4 is 10.6 Å². The summed E-state index contributed by atoms with van der Waals surface area (Å²) >= 11 is 0. The predicted octanol–water partition coefficient (Wildman–Crippen LogP) is 1.99. The number of carbonyl (C=O) groups is 2. The minimum Gasteiger partial charge on any atom is -0.347 e. The highest BCUT2D eigenvalue weighted by molar-refractivity contribution is 6.39. The molecule has 1 aliphatic heterocycles. The van der Waals surface area contributed by atoms with Crippen LogP contribution in [0.15, 0.2) is 24.3 Å². The zero-order valence-corrected chi connectivity index (χ0v) is 14.0. The molecule has 2 N–H and O–H groups in total. The summed E-state index contributed by atoms with van der Waals surface area (Å²) in [4.78, 5) is 23.8. The number of anilines is 1. The Bertz CT molecular complexity index is 594. The minimum atomic E-state index is -0.672. The average molecular weight is 332 g/mol. The summed E-state index contributed by atoms with van der Waals surface area (Å²) in [5.74, 6) is -1.78. The molecule has 1 aromatic carbocycles. The zero-order valence-electron chi connectivity index (χ0n) is 14.0. The molecule has 1 aromatic rings. The highest BCUT2D eigenvalue weighted by Gasteiger charge is 2.43. The number of nitrogens with one attached hydrogen (secondary N) is 2. The van der Waals surface area contributed by atoms with E-state index in [1.54, 1.807) is 12.1 Å². The minimum absolute atomic E-state index is 0.191. The van der Waals surface area contributed by atoms with Crippen molar-refractivity contribution in [1.29, 1.82) is 0 Å². The summed E-state index contributed by atoms with van der Waals surface area (Å²) in [6.07, 6.45) is 4.77. The number of benzene rings is 1. The van der Waals surface area contributed by atoms with Crippen LogP contribution in [0.1, 0.15) is 38.2 Å². The quantitative estimate of drug-likeness (QED) is 0.827. The molecule has 3 rings (SSSR count). The van der Waals surface area contributed by atoms with Crippen molar-refractivity contribution in [3.63, 3.8) is 0 Å². The van der Waals surface area contributed by atoms with E-state index in [-0.39, 0.29) is 12.6 Å². The SMILES string of the molecule is CCc1ccc(NC(=O)C(=O)NC[C@@H]2COC3(CCCC3)O2)cc1. The van der Waals surface area contributed by atoms with Crippen LogP contribution in [0, 0.1) is 0 Å². The summed E-state index contributed by atoms with van der Waals surface area (Å²) < 4.78 is 11.7. The molecule has 24 heavy (non-hydrogen) atoms. The lowest BCUT2D eigenvalue weighted by Gasteiger charge is -2.21. The predicted molar refractivity (Wildman–Crippen MR) is 89.5 cm³/mol. The fourth-order valence-corrected chi connectivity index (χ4v) is 3.19. The molecule has 0 unspecified atom stereocenters. The third kappa shape index (κ3) is 3.94. The third-order valence-corrected chi connectivity index (χ3v) is 4.60. The van der Waals surface area contributed by atoms with Crippen LogP contribution >= 0.6 is 0 Å². The number of aryl methyl sites for hydroxylation is 1. The first-order chi connectivity index (χ1) is 11.6. The van der Waals surface area contributed by atoms with Gasteiger partial charge in [0.25, 0.3) is 0 Å². The first-order valence-electron chi connectivity index (χ1n) is 8.60. The molecular weight excluding hydrogens is 308 g/mol. The van der Waals surface area contributed by atoms with Gasteiger partial charge in [0.2, 0.25) is 0 Å². The molecule has 6 nitrogen and oxygen atoms in total. The van der Waals surface area contributed by atoms with E-state index in [2.05, 4.69) is 17.6 Å². The Labute approximate surface area is 141 Å². The molecule has 0 radical (unpaired) electrons. The van der Waals surface area contributed by atoms with Gasteiger partial charge in [-0.15, -0.1) is 0 Å². The molecule has 130 valence electrons. The zero-order chi connectivity index (χ0) is 17.0. The Hall–Kier alpha value is -1.92. The fraction of sp³-hybridized carbons (Fsp3) is 0.556. The molecule has 1 heterocycles. The molecule has 1 saturated carbocycles. The van der Waals surface area contributed by atoms with Crippen LogP contribution in [0.25, 0.3) is 0 Å². The van der Waals surface area contributed by atoms with Gasteiger partial charge in [0.1, 0.15) is 6.10 Å². The van der Waals surface area contributed by atoms with Crippen LogP contribution in [0.2, 0.25) is 0 Å². The van der Waals surface area contributed by atoms with Gasteiger partial charge < -0.3 is 20.1 Å².